The molecule has 5 nitrogen and oxygen atoms in total. The van der Waals surface area contributed by atoms with Crippen LogP contribution in [0.1, 0.15) is 25.8 Å². The van der Waals surface area contributed by atoms with Gasteiger partial charge in [-0.25, -0.2) is 0 Å². The molecule has 2 unspecified atom stereocenters. The minimum absolute atomic E-state index is 0.0920. The third-order valence-corrected chi connectivity index (χ3v) is 3.20. The lowest BCUT2D eigenvalue weighted by molar-refractivity contribution is -0.145. The number of carbonyl (C=O) groups excluding carboxylic acids is 2. The first-order valence-electron chi connectivity index (χ1n) is 7.28. The molecule has 0 aromatic heterocycles. The maximum Gasteiger partial charge on any atom is 0.322 e. The molecule has 1 aromatic carbocycles. The van der Waals surface area contributed by atoms with Gasteiger partial charge in [0.05, 0.1) is 6.61 Å². The number of carbonyl (C=O) groups is 2. The lowest BCUT2D eigenvalue weighted by Crippen LogP contribution is -2.38. The third-order valence-electron chi connectivity index (χ3n) is 3.20. The van der Waals surface area contributed by atoms with Crippen LogP contribution in [0.2, 0.25) is 0 Å². The number of benzene rings is 1. The summed E-state index contributed by atoms with van der Waals surface area (Å²) in [5, 5.41) is 2.86. The van der Waals surface area contributed by atoms with Gasteiger partial charge in [-0.3, -0.25) is 9.59 Å². The van der Waals surface area contributed by atoms with E-state index in [2.05, 4.69) is 5.32 Å². The van der Waals surface area contributed by atoms with Gasteiger partial charge in [-0.05, 0) is 25.3 Å². The molecule has 116 valence electrons. The molecule has 21 heavy (non-hydrogen) atoms. The summed E-state index contributed by atoms with van der Waals surface area (Å²) in [6.07, 6.45) is 1.07. The lowest BCUT2D eigenvalue weighted by Gasteiger charge is -2.16. The van der Waals surface area contributed by atoms with E-state index in [0.29, 0.717) is 13.2 Å². The number of hydrogen-bond donors (Lipinski definition) is 2. The predicted molar refractivity (Wildman–Crippen MR) is 81.5 cm³/mol. The van der Waals surface area contributed by atoms with Gasteiger partial charge in [0, 0.05) is 12.5 Å². The maximum absolute atomic E-state index is 11.9. The molecule has 3 N–H and O–H groups in total. The van der Waals surface area contributed by atoms with Gasteiger partial charge in [0.15, 0.2) is 0 Å². The molecule has 0 aliphatic heterocycles. The molecule has 0 saturated carbocycles. The Labute approximate surface area is 125 Å². The normalized spacial score (nSPS) is 13.3. The Morgan fingerprint density at radius 3 is 2.57 bits per heavy atom. The average Bonchev–Trinajstić information content (AvgIpc) is 2.48. The van der Waals surface area contributed by atoms with Crippen LogP contribution in [0.25, 0.3) is 0 Å². The summed E-state index contributed by atoms with van der Waals surface area (Å²) < 4.78 is 4.83. The van der Waals surface area contributed by atoms with Crippen molar-refractivity contribution in [1.29, 1.82) is 0 Å². The van der Waals surface area contributed by atoms with Crippen molar-refractivity contribution in [3.8, 4) is 0 Å². The summed E-state index contributed by atoms with van der Waals surface area (Å²) in [6.45, 7) is 4.35. The Bertz CT molecular complexity index is 448. The van der Waals surface area contributed by atoms with Crippen molar-refractivity contribution in [2.24, 2.45) is 11.7 Å². The van der Waals surface area contributed by atoms with Crippen molar-refractivity contribution >= 4 is 11.9 Å². The highest BCUT2D eigenvalue weighted by Gasteiger charge is 2.21. The highest BCUT2D eigenvalue weighted by Crippen LogP contribution is 2.06. The Morgan fingerprint density at radius 2 is 1.95 bits per heavy atom. The van der Waals surface area contributed by atoms with Gasteiger partial charge in [0.25, 0.3) is 0 Å². The average molecular weight is 292 g/mol. The number of esters is 1. The quantitative estimate of drug-likeness (QED) is 0.707. The molecule has 0 aliphatic carbocycles. The van der Waals surface area contributed by atoms with E-state index in [1.807, 2.05) is 30.3 Å². The van der Waals surface area contributed by atoms with E-state index < -0.39 is 12.0 Å². The first-order chi connectivity index (χ1) is 10.0. The van der Waals surface area contributed by atoms with E-state index in [1.165, 1.54) is 5.56 Å². The molecular formula is C16H24N2O3. The molecule has 1 aromatic rings. The first-order valence-corrected chi connectivity index (χ1v) is 7.28. The standard InChI is InChI=1S/C16H24N2O3/c1-3-21-16(20)14(17)11-12(2)15(19)18-10-9-13-7-5-4-6-8-13/h4-8,12,14H,3,9-11,17H2,1-2H3,(H,18,19). The SMILES string of the molecule is CCOC(=O)C(N)CC(C)C(=O)NCCc1ccccc1. The highest BCUT2D eigenvalue weighted by atomic mass is 16.5. The Balaban J connectivity index is 2.29. The molecule has 0 spiro atoms. The zero-order valence-electron chi connectivity index (χ0n) is 12.7. The van der Waals surface area contributed by atoms with Crippen LogP contribution < -0.4 is 11.1 Å². The number of nitrogens with two attached hydrogens (primary N) is 1. The van der Waals surface area contributed by atoms with Crippen LogP contribution in [0.5, 0.6) is 0 Å². The maximum atomic E-state index is 11.9. The third kappa shape index (κ3) is 6.40. The summed E-state index contributed by atoms with van der Waals surface area (Å²) in [7, 11) is 0. The van der Waals surface area contributed by atoms with Gasteiger partial charge in [0.2, 0.25) is 5.91 Å². The second kappa shape index (κ2) is 9.13. The monoisotopic (exact) mass is 292 g/mol. The van der Waals surface area contributed by atoms with Gasteiger partial charge in [-0.15, -0.1) is 0 Å². The molecule has 5 heteroatoms. The van der Waals surface area contributed by atoms with Crippen molar-refractivity contribution in [3.05, 3.63) is 35.9 Å². The van der Waals surface area contributed by atoms with Crippen LogP contribution in [0, 0.1) is 5.92 Å². The van der Waals surface area contributed by atoms with Crippen molar-refractivity contribution in [1.82, 2.24) is 5.32 Å². The topological polar surface area (TPSA) is 81.4 Å². The zero-order chi connectivity index (χ0) is 15.7. The van der Waals surface area contributed by atoms with E-state index in [9.17, 15) is 9.59 Å². The lowest BCUT2D eigenvalue weighted by atomic mass is 10.0. The van der Waals surface area contributed by atoms with E-state index in [4.69, 9.17) is 10.5 Å². The van der Waals surface area contributed by atoms with Crippen molar-refractivity contribution in [2.75, 3.05) is 13.2 Å². The minimum Gasteiger partial charge on any atom is -0.465 e. The van der Waals surface area contributed by atoms with Gasteiger partial charge >= 0.3 is 5.97 Å². The fourth-order valence-electron chi connectivity index (χ4n) is 1.98. The smallest absolute Gasteiger partial charge is 0.322 e. The molecule has 0 fully saturated rings. The summed E-state index contributed by atoms with van der Waals surface area (Å²) in [5.74, 6) is -0.868. The van der Waals surface area contributed by atoms with Crippen molar-refractivity contribution in [3.63, 3.8) is 0 Å². The number of rotatable bonds is 8. The summed E-state index contributed by atoms with van der Waals surface area (Å²) in [4.78, 5) is 23.4. The molecule has 1 rings (SSSR count). The van der Waals surface area contributed by atoms with Gasteiger partial charge < -0.3 is 15.8 Å². The first kappa shape index (κ1) is 17.2. The van der Waals surface area contributed by atoms with E-state index >= 15 is 0 Å². The zero-order valence-corrected chi connectivity index (χ0v) is 12.7. The number of ether oxygens (including phenoxy) is 1. The highest BCUT2D eigenvalue weighted by molar-refractivity contribution is 5.80. The fourth-order valence-corrected chi connectivity index (χ4v) is 1.98. The van der Waals surface area contributed by atoms with Gasteiger partial charge in [0.1, 0.15) is 6.04 Å². The van der Waals surface area contributed by atoms with Crippen LogP contribution >= 0.6 is 0 Å². The van der Waals surface area contributed by atoms with Crippen LogP contribution in [0.3, 0.4) is 0 Å². The van der Waals surface area contributed by atoms with Crippen molar-refractivity contribution < 1.29 is 14.3 Å². The number of amides is 1. The van der Waals surface area contributed by atoms with Gasteiger partial charge in [-0.1, -0.05) is 37.3 Å². The molecule has 0 saturated heterocycles. The van der Waals surface area contributed by atoms with E-state index in [1.54, 1.807) is 13.8 Å². The Kier molecular flexibility index (Phi) is 7.46. The van der Waals surface area contributed by atoms with Crippen molar-refractivity contribution in [2.45, 2.75) is 32.7 Å². The largest absolute Gasteiger partial charge is 0.465 e. The van der Waals surface area contributed by atoms with Crippen LogP contribution in [-0.4, -0.2) is 31.1 Å². The summed E-state index contributed by atoms with van der Waals surface area (Å²) in [6, 6.07) is 9.19. The Morgan fingerprint density at radius 1 is 1.29 bits per heavy atom. The molecule has 0 radical (unpaired) electrons. The van der Waals surface area contributed by atoms with E-state index in [0.717, 1.165) is 6.42 Å². The fraction of sp³-hybridized carbons (Fsp3) is 0.500. The second-order valence-electron chi connectivity index (χ2n) is 5.02. The summed E-state index contributed by atoms with van der Waals surface area (Å²) in [5.41, 5.74) is 6.88. The molecule has 0 aliphatic rings. The second-order valence-corrected chi connectivity index (χ2v) is 5.02. The van der Waals surface area contributed by atoms with Crippen LogP contribution in [0.4, 0.5) is 0 Å². The van der Waals surface area contributed by atoms with Gasteiger partial charge in [-0.2, -0.15) is 0 Å². The molecule has 0 heterocycles. The van der Waals surface area contributed by atoms with Crippen LogP contribution in [0.15, 0.2) is 30.3 Å². The molecular weight excluding hydrogens is 268 g/mol. The molecule has 1 amide bonds. The molecule has 0 bridgehead atoms. The van der Waals surface area contributed by atoms with Crippen LogP contribution in [-0.2, 0) is 20.7 Å². The molecule has 2 atom stereocenters. The number of hydrogen-bond acceptors (Lipinski definition) is 4. The minimum atomic E-state index is -0.750. The Hall–Kier alpha value is -1.88. The van der Waals surface area contributed by atoms with E-state index in [-0.39, 0.29) is 18.2 Å². The number of nitrogens with one attached hydrogen (secondary N) is 1. The summed E-state index contributed by atoms with van der Waals surface area (Å²) >= 11 is 0. The predicted octanol–water partition coefficient (Wildman–Crippen LogP) is 1.26.